The zero-order chi connectivity index (χ0) is 19.5. The average Bonchev–Trinajstić information content (AvgIpc) is 3.12. The molecule has 2 aliphatic carbocycles. The summed E-state index contributed by atoms with van der Waals surface area (Å²) in [7, 11) is 0. The fraction of sp³-hybridized carbons (Fsp3) is 0.360. The molecule has 1 aliphatic heterocycles. The first-order chi connectivity index (χ1) is 13.5. The molecule has 0 spiro atoms. The molecule has 140 valence electrons. The number of carbonyl (C=O) groups is 1. The number of ketones is 1. The Kier molecular flexibility index (Phi) is 3.82. The maximum Gasteiger partial charge on any atom is 0.193 e. The highest BCUT2D eigenvalue weighted by Crippen LogP contribution is 2.50. The van der Waals surface area contributed by atoms with Crippen LogP contribution in [0.3, 0.4) is 0 Å². The van der Waals surface area contributed by atoms with Gasteiger partial charge in [-0.05, 0) is 78.2 Å². The zero-order valence-electron chi connectivity index (χ0n) is 16.4. The van der Waals surface area contributed by atoms with Crippen molar-refractivity contribution < 1.29 is 4.79 Å². The summed E-state index contributed by atoms with van der Waals surface area (Å²) in [4.78, 5) is 13.5. The molecule has 0 aromatic heterocycles. The number of Topliss-reactive ketones (excluding diaryl/α,β-unsaturated/α-hetero) is 1. The van der Waals surface area contributed by atoms with E-state index < -0.39 is 0 Å². The third kappa shape index (κ3) is 2.41. The summed E-state index contributed by atoms with van der Waals surface area (Å²) in [6.07, 6.45) is 3.07. The number of benzene rings is 2. The van der Waals surface area contributed by atoms with Crippen LogP contribution < -0.4 is 5.32 Å². The topological polar surface area (TPSA) is 52.9 Å². The molecule has 1 heterocycles. The van der Waals surface area contributed by atoms with Gasteiger partial charge in [0.2, 0.25) is 0 Å². The van der Waals surface area contributed by atoms with Crippen LogP contribution in [0, 0.1) is 11.3 Å². The van der Waals surface area contributed by atoms with E-state index in [0.717, 1.165) is 54.6 Å². The second-order valence-electron chi connectivity index (χ2n) is 8.80. The van der Waals surface area contributed by atoms with Crippen molar-refractivity contribution in [1.82, 2.24) is 5.32 Å². The van der Waals surface area contributed by atoms with Gasteiger partial charge < -0.3 is 5.32 Å². The molecule has 2 aromatic rings. The number of hydrogen-bond donors (Lipinski definition) is 1. The number of nitriles is 1. The van der Waals surface area contributed by atoms with E-state index >= 15 is 0 Å². The fourth-order valence-corrected chi connectivity index (χ4v) is 5.27. The largest absolute Gasteiger partial charge is 0.317 e. The lowest BCUT2D eigenvalue weighted by molar-refractivity contribution is 0.105. The van der Waals surface area contributed by atoms with Crippen molar-refractivity contribution in [2.45, 2.75) is 44.4 Å². The summed E-state index contributed by atoms with van der Waals surface area (Å²) < 4.78 is 0. The van der Waals surface area contributed by atoms with E-state index in [9.17, 15) is 10.1 Å². The summed E-state index contributed by atoms with van der Waals surface area (Å²) in [5.41, 5.74) is 8.05. The molecule has 1 fully saturated rings. The van der Waals surface area contributed by atoms with Gasteiger partial charge in [-0.3, -0.25) is 4.79 Å². The molecule has 0 saturated carbocycles. The lowest BCUT2D eigenvalue weighted by Crippen LogP contribution is -2.31. The van der Waals surface area contributed by atoms with Crippen LogP contribution in [0.5, 0.6) is 0 Å². The number of rotatable bonds is 1. The molecule has 0 amide bonds. The Morgan fingerprint density at radius 2 is 1.82 bits per heavy atom. The third-order valence-corrected chi connectivity index (χ3v) is 6.93. The molecule has 3 aliphatic rings. The molecule has 2 aromatic carbocycles. The molecular weight excluding hydrogens is 344 g/mol. The van der Waals surface area contributed by atoms with E-state index in [1.165, 1.54) is 16.7 Å². The Balaban J connectivity index is 1.62. The molecule has 0 bridgehead atoms. The first kappa shape index (κ1) is 17.4. The van der Waals surface area contributed by atoms with Crippen molar-refractivity contribution in [3.63, 3.8) is 0 Å². The molecule has 0 unspecified atom stereocenters. The van der Waals surface area contributed by atoms with Gasteiger partial charge in [-0.1, -0.05) is 38.1 Å². The maximum atomic E-state index is 13.5. The Bertz CT molecular complexity index is 1080. The van der Waals surface area contributed by atoms with E-state index in [2.05, 4.69) is 43.4 Å². The summed E-state index contributed by atoms with van der Waals surface area (Å²) >= 11 is 0. The van der Waals surface area contributed by atoms with Gasteiger partial charge in [0.15, 0.2) is 5.78 Å². The van der Waals surface area contributed by atoms with Gasteiger partial charge in [-0.15, -0.1) is 0 Å². The molecule has 0 radical (unpaired) electrons. The lowest BCUT2D eigenvalue weighted by atomic mass is 9.67. The van der Waals surface area contributed by atoms with E-state index in [1.807, 2.05) is 18.2 Å². The number of nitrogens with one attached hydrogen (secondary N) is 1. The molecule has 5 rings (SSSR count). The van der Waals surface area contributed by atoms with Crippen molar-refractivity contribution in [3.8, 4) is 6.07 Å². The fourth-order valence-electron chi connectivity index (χ4n) is 5.27. The third-order valence-electron chi connectivity index (χ3n) is 6.93. The summed E-state index contributed by atoms with van der Waals surface area (Å²) in [5.74, 6) is 0.719. The summed E-state index contributed by atoms with van der Waals surface area (Å²) in [6.45, 7) is 6.62. The van der Waals surface area contributed by atoms with Crippen molar-refractivity contribution in [1.29, 1.82) is 5.26 Å². The monoisotopic (exact) mass is 368 g/mol. The number of allylic oxidation sites excluding steroid dienone is 2. The number of nitrogens with zero attached hydrogens (tertiary/aromatic N) is 1. The lowest BCUT2D eigenvalue weighted by Gasteiger charge is -2.35. The van der Waals surface area contributed by atoms with Crippen LogP contribution in [0.1, 0.15) is 70.8 Å². The van der Waals surface area contributed by atoms with Crippen LogP contribution in [0.25, 0.3) is 5.57 Å². The van der Waals surface area contributed by atoms with Crippen LogP contribution in [0.15, 0.2) is 42.0 Å². The SMILES string of the molecule is CC1(C)C2=C(C(=O)c3ccc(C4CCNCC4)cc31)c1ccc(C#N)cc1C2. The van der Waals surface area contributed by atoms with Crippen LogP contribution in [0.4, 0.5) is 0 Å². The summed E-state index contributed by atoms with van der Waals surface area (Å²) in [5, 5.41) is 12.7. The van der Waals surface area contributed by atoms with Crippen LogP contribution in [0.2, 0.25) is 0 Å². The standard InChI is InChI=1S/C25H24N2O/c1-25(2)21-12-17(16-7-9-27-10-8-16)4-6-20(21)24(28)23-19-5-3-15(14-26)11-18(19)13-22(23)25/h3-6,11-12,16,27H,7-10,13H2,1-2H3. The van der Waals surface area contributed by atoms with Crippen molar-refractivity contribution in [2.75, 3.05) is 13.1 Å². The van der Waals surface area contributed by atoms with Crippen molar-refractivity contribution in [2.24, 2.45) is 0 Å². The normalized spacial score (nSPS) is 20.4. The minimum atomic E-state index is -0.187. The van der Waals surface area contributed by atoms with Gasteiger partial charge in [-0.2, -0.15) is 5.26 Å². The van der Waals surface area contributed by atoms with E-state index in [0.29, 0.717) is 11.5 Å². The number of hydrogen-bond acceptors (Lipinski definition) is 3. The zero-order valence-corrected chi connectivity index (χ0v) is 16.4. The Labute approximate surface area is 166 Å². The van der Waals surface area contributed by atoms with Crippen LogP contribution in [-0.2, 0) is 11.8 Å². The van der Waals surface area contributed by atoms with Gasteiger partial charge in [0.25, 0.3) is 0 Å². The van der Waals surface area contributed by atoms with Gasteiger partial charge in [0.1, 0.15) is 0 Å². The van der Waals surface area contributed by atoms with Crippen molar-refractivity contribution >= 4 is 11.4 Å². The average molecular weight is 368 g/mol. The minimum Gasteiger partial charge on any atom is -0.317 e. The molecule has 28 heavy (non-hydrogen) atoms. The maximum absolute atomic E-state index is 13.5. The van der Waals surface area contributed by atoms with Gasteiger partial charge >= 0.3 is 0 Å². The van der Waals surface area contributed by atoms with Gasteiger partial charge in [-0.25, -0.2) is 0 Å². The van der Waals surface area contributed by atoms with Gasteiger partial charge in [0, 0.05) is 16.6 Å². The van der Waals surface area contributed by atoms with Crippen molar-refractivity contribution in [3.05, 3.63) is 75.4 Å². The van der Waals surface area contributed by atoms with Crippen LogP contribution >= 0.6 is 0 Å². The Morgan fingerprint density at radius 3 is 2.57 bits per heavy atom. The first-order valence-electron chi connectivity index (χ1n) is 10.2. The molecule has 0 atom stereocenters. The first-order valence-corrected chi connectivity index (χ1v) is 10.2. The number of fused-ring (bicyclic) bond motifs is 3. The predicted octanol–water partition coefficient (Wildman–Crippen LogP) is 4.51. The molecule has 3 heteroatoms. The second-order valence-corrected chi connectivity index (χ2v) is 8.80. The van der Waals surface area contributed by atoms with E-state index in [1.54, 1.807) is 0 Å². The highest BCUT2D eigenvalue weighted by atomic mass is 16.1. The smallest absolute Gasteiger partial charge is 0.193 e. The molecular formula is C25H24N2O. The Hall–Kier alpha value is -2.70. The van der Waals surface area contributed by atoms with Gasteiger partial charge in [0.05, 0.1) is 11.6 Å². The number of carbonyl (C=O) groups excluding carboxylic acids is 1. The van der Waals surface area contributed by atoms with Crippen LogP contribution in [-0.4, -0.2) is 18.9 Å². The quantitative estimate of drug-likeness (QED) is 0.806. The summed E-state index contributed by atoms with van der Waals surface area (Å²) in [6, 6.07) is 14.5. The minimum absolute atomic E-state index is 0.143. The van der Waals surface area contributed by atoms with E-state index in [-0.39, 0.29) is 11.2 Å². The van der Waals surface area contributed by atoms with E-state index in [4.69, 9.17) is 0 Å². The predicted molar refractivity (Wildman–Crippen MR) is 110 cm³/mol. The number of piperidine rings is 1. The Morgan fingerprint density at radius 1 is 1.07 bits per heavy atom. The molecule has 1 N–H and O–H groups in total. The highest BCUT2D eigenvalue weighted by molar-refractivity contribution is 6.33. The second kappa shape index (κ2) is 6.15. The highest BCUT2D eigenvalue weighted by Gasteiger charge is 2.43. The molecule has 3 nitrogen and oxygen atoms in total. The molecule has 1 saturated heterocycles.